The molecule has 2 heterocycles. The lowest BCUT2D eigenvalue weighted by molar-refractivity contribution is 1.04. The van der Waals surface area contributed by atoms with Gasteiger partial charge in [-0.05, 0) is 29.9 Å². The van der Waals surface area contributed by atoms with Gasteiger partial charge in [-0.1, -0.05) is 36.4 Å². The van der Waals surface area contributed by atoms with Crippen molar-refractivity contribution >= 4 is 29.0 Å². The van der Waals surface area contributed by atoms with Crippen molar-refractivity contribution in [2.75, 3.05) is 4.90 Å². The Balaban J connectivity index is 1.92. The summed E-state index contributed by atoms with van der Waals surface area (Å²) in [5.74, 6) is 1.18. The molecule has 0 fully saturated rings. The maximum atomic E-state index is 5.85. The van der Waals surface area contributed by atoms with Gasteiger partial charge in [-0.15, -0.1) is 0 Å². The van der Waals surface area contributed by atoms with Crippen LogP contribution in [0, 0.1) is 0 Å². The summed E-state index contributed by atoms with van der Waals surface area (Å²) in [5, 5.41) is 0.176. The van der Waals surface area contributed by atoms with Crippen molar-refractivity contribution in [3.8, 4) is 0 Å². The second kappa shape index (κ2) is 6.93. The fourth-order valence-electron chi connectivity index (χ4n) is 2.24. The molecule has 2 N–H and O–H groups in total. The van der Waals surface area contributed by atoms with E-state index in [1.54, 1.807) is 23.5 Å². The van der Waals surface area contributed by atoms with Crippen LogP contribution >= 0.6 is 12.2 Å². The standard InChI is InChI=1S/C17H15N5S/c18-17(23)22(16-12-19-9-10-20-16)15-8-4-7-14(21-15)11-13-5-2-1-3-6-13/h1-10,12H,11H2,(H2,18,23). The second-order valence-corrected chi connectivity index (χ2v) is 5.31. The lowest BCUT2D eigenvalue weighted by Crippen LogP contribution is -2.32. The molecule has 3 aromatic rings. The summed E-state index contributed by atoms with van der Waals surface area (Å²) in [4.78, 5) is 14.6. The Morgan fingerprint density at radius 3 is 2.52 bits per heavy atom. The van der Waals surface area contributed by atoms with Crippen LogP contribution in [0.4, 0.5) is 11.6 Å². The maximum Gasteiger partial charge on any atom is 0.177 e. The van der Waals surface area contributed by atoms with Gasteiger partial charge in [0.15, 0.2) is 10.9 Å². The number of aromatic nitrogens is 3. The number of nitrogens with zero attached hydrogens (tertiary/aromatic N) is 4. The summed E-state index contributed by atoms with van der Waals surface area (Å²) in [6.07, 6.45) is 5.53. The van der Waals surface area contributed by atoms with Gasteiger partial charge in [0, 0.05) is 24.5 Å². The summed E-state index contributed by atoms with van der Waals surface area (Å²) in [6, 6.07) is 15.9. The van der Waals surface area contributed by atoms with E-state index in [1.807, 2.05) is 36.4 Å². The molecule has 0 saturated carbocycles. The molecule has 5 nitrogen and oxygen atoms in total. The van der Waals surface area contributed by atoms with Gasteiger partial charge in [-0.2, -0.15) is 0 Å². The molecule has 0 saturated heterocycles. The van der Waals surface area contributed by atoms with Crippen molar-refractivity contribution in [1.82, 2.24) is 15.0 Å². The molecular weight excluding hydrogens is 306 g/mol. The van der Waals surface area contributed by atoms with Crippen molar-refractivity contribution in [1.29, 1.82) is 0 Å². The van der Waals surface area contributed by atoms with Gasteiger partial charge in [0.2, 0.25) is 0 Å². The highest BCUT2D eigenvalue weighted by Crippen LogP contribution is 2.21. The quantitative estimate of drug-likeness (QED) is 0.745. The molecule has 114 valence electrons. The van der Waals surface area contributed by atoms with Gasteiger partial charge in [-0.3, -0.25) is 9.88 Å². The first-order valence-electron chi connectivity index (χ1n) is 7.09. The minimum atomic E-state index is 0.176. The van der Waals surface area contributed by atoms with E-state index < -0.39 is 0 Å². The van der Waals surface area contributed by atoms with Crippen LogP contribution in [0.3, 0.4) is 0 Å². The number of hydrogen-bond donors (Lipinski definition) is 1. The summed E-state index contributed by atoms with van der Waals surface area (Å²) >= 11 is 5.15. The molecule has 0 aliphatic rings. The Morgan fingerprint density at radius 2 is 1.83 bits per heavy atom. The van der Waals surface area contributed by atoms with E-state index in [0.717, 1.165) is 12.1 Å². The van der Waals surface area contributed by atoms with Gasteiger partial charge in [0.1, 0.15) is 5.82 Å². The highest BCUT2D eigenvalue weighted by atomic mass is 32.1. The van der Waals surface area contributed by atoms with Crippen molar-refractivity contribution < 1.29 is 0 Å². The number of hydrogen-bond acceptors (Lipinski definition) is 4. The Morgan fingerprint density at radius 1 is 1.00 bits per heavy atom. The second-order valence-electron chi connectivity index (χ2n) is 4.89. The Bertz CT molecular complexity index is 792. The molecule has 1 aromatic carbocycles. The first-order valence-corrected chi connectivity index (χ1v) is 7.50. The van der Waals surface area contributed by atoms with Crippen LogP contribution in [-0.4, -0.2) is 20.1 Å². The average Bonchev–Trinajstić information content (AvgIpc) is 2.57. The topological polar surface area (TPSA) is 67.9 Å². The number of thiocarbonyl (C=S) groups is 1. The van der Waals surface area contributed by atoms with E-state index in [2.05, 4.69) is 27.1 Å². The Kier molecular flexibility index (Phi) is 4.54. The zero-order valence-electron chi connectivity index (χ0n) is 12.3. The van der Waals surface area contributed by atoms with Crippen LogP contribution in [0.5, 0.6) is 0 Å². The van der Waals surface area contributed by atoms with Crippen molar-refractivity contribution in [2.24, 2.45) is 5.73 Å². The van der Waals surface area contributed by atoms with E-state index in [9.17, 15) is 0 Å². The maximum absolute atomic E-state index is 5.85. The first-order chi connectivity index (χ1) is 11.2. The third kappa shape index (κ3) is 3.67. The summed E-state index contributed by atoms with van der Waals surface area (Å²) in [7, 11) is 0. The van der Waals surface area contributed by atoms with E-state index in [4.69, 9.17) is 18.0 Å². The fraction of sp³-hybridized carbons (Fsp3) is 0.0588. The number of anilines is 2. The van der Waals surface area contributed by atoms with Gasteiger partial charge >= 0.3 is 0 Å². The SMILES string of the molecule is NC(=S)N(c1cnccn1)c1cccc(Cc2ccccc2)n1. The molecule has 0 radical (unpaired) electrons. The number of pyridine rings is 1. The Labute approximate surface area is 139 Å². The molecule has 0 aliphatic heterocycles. The third-order valence-electron chi connectivity index (χ3n) is 3.25. The van der Waals surface area contributed by atoms with Gasteiger partial charge in [-0.25, -0.2) is 9.97 Å². The van der Waals surface area contributed by atoms with Crippen LogP contribution in [0.2, 0.25) is 0 Å². The highest BCUT2D eigenvalue weighted by Gasteiger charge is 2.15. The van der Waals surface area contributed by atoms with Gasteiger partial charge in [0.05, 0.1) is 6.20 Å². The molecule has 3 rings (SSSR count). The minimum absolute atomic E-state index is 0.176. The normalized spacial score (nSPS) is 10.3. The lowest BCUT2D eigenvalue weighted by atomic mass is 10.1. The molecule has 0 aliphatic carbocycles. The summed E-state index contributed by atoms with van der Waals surface area (Å²) in [5.41, 5.74) is 7.98. The molecule has 0 atom stereocenters. The molecule has 0 unspecified atom stereocenters. The van der Waals surface area contributed by atoms with Crippen LogP contribution in [0.1, 0.15) is 11.3 Å². The smallest absolute Gasteiger partial charge is 0.177 e. The summed E-state index contributed by atoms with van der Waals surface area (Å²) < 4.78 is 0. The van der Waals surface area contributed by atoms with Crippen molar-refractivity contribution in [3.63, 3.8) is 0 Å². The fourth-order valence-corrected chi connectivity index (χ4v) is 2.43. The molecule has 23 heavy (non-hydrogen) atoms. The van der Waals surface area contributed by atoms with E-state index in [0.29, 0.717) is 11.6 Å². The monoisotopic (exact) mass is 321 g/mol. The molecular formula is C17H15N5S. The third-order valence-corrected chi connectivity index (χ3v) is 3.43. The zero-order chi connectivity index (χ0) is 16.1. The van der Waals surface area contributed by atoms with E-state index in [-0.39, 0.29) is 5.11 Å². The van der Waals surface area contributed by atoms with Crippen molar-refractivity contribution in [2.45, 2.75) is 6.42 Å². The zero-order valence-corrected chi connectivity index (χ0v) is 13.1. The van der Waals surface area contributed by atoms with Crippen LogP contribution in [0.25, 0.3) is 0 Å². The Hall–Kier alpha value is -2.86. The highest BCUT2D eigenvalue weighted by molar-refractivity contribution is 7.80. The van der Waals surface area contributed by atoms with Gasteiger partial charge < -0.3 is 5.73 Å². The predicted octanol–water partition coefficient (Wildman–Crippen LogP) is 2.84. The van der Waals surface area contributed by atoms with Gasteiger partial charge in [0.25, 0.3) is 0 Å². The predicted molar refractivity (Wildman–Crippen MR) is 94.4 cm³/mol. The van der Waals surface area contributed by atoms with E-state index in [1.165, 1.54) is 5.56 Å². The van der Waals surface area contributed by atoms with Crippen LogP contribution in [-0.2, 0) is 6.42 Å². The van der Waals surface area contributed by atoms with Crippen LogP contribution < -0.4 is 10.6 Å². The largest absolute Gasteiger partial charge is 0.376 e. The lowest BCUT2D eigenvalue weighted by Gasteiger charge is -2.20. The molecule has 0 spiro atoms. The van der Waals surface area contributed by atoms with Crippen molar-refractivity contribution in [3.05, 3.63) is 78.4 Å². The molecule has 2 aromatic heterocycles. The molecule has 0 bridgehead atoms. The number of rotatable bonds is 4. The minimum Gasteiger partial charge on any atom is -0.376 e. The van der Waals surface area contributed by atoms with E-state index >= 15 is 0 Å². The number of nitrogens with two attached hydrogens (primary N) is 1. The average molecular weight is 321 g/mol. The first kappa shape index (κ1) is 15.1. The molecule has 0 amide bonds. The molecule has 6 heteroatoms. The summed E-state index contributed by atoms with van der Waals surface area (Å²) in [6.45, 7) is 0. The number of benzene rings is 1. The van der Waals surface area contributed by atoms with Crippen LogP contribution in [0.15, 0.2) is 67.1 Å².